The van der Waals surface area contributed by atoms with Crippen LogP contribution in [0, 0.1) is 0 Å². The molecule has 2 amide bonds. The maximum Gasteiger partial charge on any atom is 0.319 e. The molecule has 2 heterocycles. The molecule has 5 aromatic rings. The molecular weight excluding hydrogens is 464 g/mol. The number of primary amides is 1. The summed E-state index contributed by atoms with van der Waals surface area (Å²) in [6.45, 7) is 1.25. The summed E-state index contributed by atoms with van der Waals surface area (Å²) in [5, 5.41) is 1.02. The molecule has 0 atom stereocenters. The van der Waals surface area contributed by atoms with Gasteiger partial charge in [0.15, 0.2) is 5.82 Å². The average Bonchev–Trinajstić information content (AvgIpc) is 3.28. The van der Waals surface area contributed by atoms with Crippen LogP contribution < -0.4 is 21.1 Å². The number of hydrogen-bond donors (Lipinski definition) is 2. The molecule has 0 saturated carbocycles. The molecule has 188 valence electrons. The van der Waals surface area contributed by atoms with E-state index in [9.17, 15) is 4.79 Å². The number of anilines is 2. The van der Waals surface area contributed by atoms with Crippen molar-refractivity contribution in [2.24, 2.45) is 5.73 Å². The zero-order valence-corrected chi connectivity index (χ0v) is 20.8. The summed E-state index contributed by atoms with van der Waals surface area (Å²) in [5.41, 5.74) is 16.5. The molecule has 2 aromatic heterocycles. The predicted octanol–water partition coefficient (Wildman–Crippen LogP) is 5.13. The number of carbonyl (C=O) groups excluding carboxylic acids is 1. The van der Waals surface area contributed by atoms with E-state index in [1.54, 1.807) is 12.0 Å². The number of urea groups is 1. The van der Waals surface area contributed by atoms with Crippen molar-refractivity contribution in [3.8, 4) is 5.75 Å². The van der Waals surface area contributed by atoms with E-state index in [0.717, 1.165) is 58.6 Å². The summed E-state index contributed by atoms with van der Waals surface area (Å²) >= 11 is 0. The van der Waals surface area contributed by atoms with Crippen molar-refractivity contribution < 1.29 is 9.53 Å². The van der Waals surface area contributed by atoms with Crippen molar-refractivity contribution in [2.45, 2.75) is 25.8 Å². The molecule has 4 N–H and O–H groups in total. The van der Waals surface area contributed by atoms with Gasteiger partial charge in [0.2, 0.25) is 0 Å². The van der Waals surface area contributed by atoms with Crippen LogP contribution in [-0.4, -0.2) is 34.2 Å². The number of rotatable bonds is 9. The van der Waals surface area contributed by atoms with Gasteiger partial charge in [-0.25, -0.2) is 14.8 Å². The van der Waals surface area contributed by atoms with Gasteiger partial charge in [0, 0.05) is 30.6 Å². The number of unbranched alkanes of at least 4 members (excludes halogenated alkanes) is 1. The van der Waals surface area contributed by atoms with Gasteiger partial charge in [-0.3, -0.25) is 4.90 Å². The van der Waals surface area contributed by atoms with E-state index < -0.39 is 6.03 Å². The van der Waals surface area contributed by atoms with Crippen LogP contribution in [0.2, 0.25) is 0 Å². The SMILES string of the molecule is COc1ccc(Cc2nc3c(N)nc4ccccc4c3n2CCCCN(C(N)=O)c2ccccc2)cc1. The Bertz CT molecular complexity index is 1530. The van der Waals surface area contributed by atoms with E-state index in [2.05, 4.69) is 15.6 Å². The van der Waals surface area contributed by atoms with E-state index in [-0.39, 0.29) is 0 Å². The summed E-state index contributed by atoms with van der Waals surface area (Å²) < 4.78 is 7.55. The largest absolute Gasteiger partial charge is 0.497 e. The normalized spacial score (nSPS) is 11.2. The molecular formula is C29H30N6O2. The summed E-state index contributed by atoms with van der Waals surface area (Å²) in [4.78, 5) is 23.2. The summed E-state index contributed by atoms with van der Waals surface area (Å²) in [6.07, 6.45) is 2.25. The van der Waals surface area contributed by atoms with Crippen molar-refractivity contribution in [1.29, 1.82) is 0 Å². The second-order valence-corrected chi connectivity index (χ2v) is 8.95. The van der Waals surface area contributed by atoms with Gasteiger partial charge in [-0.05, 0) is 48.7 Å². The second kappa shape index (κ2) is 10.6. The molecule has 0 radical (unpaired) electrons. The van der Waals surface area contributed by atoms with Crippen LogP contribution in [0.1, 0.15) is 24.2 Å². The average molecular weight is 495 g/mol. The van der Waals surface area contributed by atoms with E-state index in [4.69, 9.17) is 21.2 Å². The molecule has 0 bridgehead atoms. The minimum Gasteiger partial charge on any atom is -0.497 e. The molecule has 0 saturated heterocycles. The standard InChI is InChI=1S/C29H30N6O2/c1-37-22-15-13-20(14-16-22)19-25-33-26-27(23-11-5-6-12-24(23)32-28(26)30)35(25)18-8-7-17-34(29(31)36)21-9-3-2-4-10-21/h2-6,9-16H,7-8,17-19H2,1H3,(H2,30,32)(H2,31,36). The highest BCUT2D eigenvalue weighted by Gasteiger charge is 2.18. The quantitative estimate of drug-likeness (QED) is 0.276. The fraction of sp³-hybridized carbons (Fsp3) is 0.207. The molecule has 0 aliphatic carbocycles. The Morgan fingerprint density at radius 3 is 2.41 bits per heavy atom. The summed E-state index contributed by atoms with van der Waals surface area (Å²) in [5.74, 6) is 2.15. The highest BCUT2D eigenvalue weighted by Crippen LogP contribution is 2.30. The van der Waals surface area contributed by atoms with E-state index in [1.165, 1.54) is 0 Å². The number of aromatic nitrogens is 3. The molecule has 5 rings (SSSR count). The maximum absolute atomic E-state index is 12.1. The van der Waals surface area contributed by atoms with Crippen molar-refractivity contribution >= 4 is 39.5 Å². The van der Waals surface area contributed by atoms with Crippen LogP contribution in [0.3, 0.4) is 0 Å². The first kappa shape index (κ1) is 24.1. The number of ether oxygens (including phenoxy) is 1. The second-order valence-electron chi connectivity index (χ2n) is 8.95. The van der Waals surface area contributed by atoms with E-state index in [0.29, 0.717) is 24.3 Å². The van der Waals surface area contributed by atoms with E-state index >= 15 is 0 Å². The number of amides is 2. The molecule has 8 nitrogen and oxygen atoms in total. The lowest BCUT2D eigenvalue weighted by Gasteiger charge is -2.20. The van der Waals surface area contributed by atoms with Crippen LogP contribution in [0.15, 0.2) is 78.9 Å². The van der Waals surface area contributed by atoms with Gasteiger partial charge in [0.25, 0.3) is 0 Å². The first-order chi connectivity index (χ1) is 18.0. The van der Waals surface area contributed by atoms with Gasteiger partial charge in [0.05, 0.1) is 18.1 Å². The number of para-hydroxylation sites is 2. The number of fused-ring (bicyclic) bond motifs is 3. The van der Waals surface area contributed by atoms with Gasteiger partial charge < -0.3 is 20.8 Å². The fourth-order valence-electron chi connectivity index (χ4n) is 4.72. The third-order valence-electron chi connectivity index (χ3n) is 6.56. The monoisotopic (exact) mass is 494 g/mol. The Hall–Kier alpha value is -4.59. The Morgan fingerprint density at radius 1 is 0.946 bits per heavy atom. The molecule has 8 heteroatoms. The van der Waals surface area contributed by atoms with Gasteiger partial charge >= 0.3 is 6.03 Å². The fourth-order valence-corrected chi connectivity index (χ4v) is 4.72. The number of aryl methyl sites for hydroxylation is 1. The van der Waals surface area contributed by atoms with Crippen LogP contribution in [-0.2, 0) is 13.0 Å². The lowest BCUT2D eigenvalue weighted by atomic mass is 10.1. The van der Waals surface area contributed by atoms with Crippen LogP contribution in [0.25, 0.3) is 21.9 Å². The van der Waals surface area contributed by atoms with Gasteiger partial charge in [0.1, 0.15) is 17.1 Å². The van der Waals surface area contributed by atoms with E-state index in [1.807, 2.05) is 72.8 Å². The summed E-state index contributed by atoms with van der Waals surface area (Å²) in [6, 6.07) is 25.0. The maximum atomic E-state index is 12.1. The smallest absolute Gasteiger partial charge is 0.319 e. The number of imidazole rings is 1. The molecule has 3 aromatic carbocycles. The topological polar surface area (TPSA) is 112 Å². The number of hydrogen-bond acceptors (Lipinski definition) is 5. The number of nitrogens with two attached hydrogens (primary N) is 2. The number of nitrogen functional groups attached to an aromatic ring is 1. The third-order valence-corrected chi connectivity index (χ3v) is 6.56. The zero-order chi connectivity index (χ0) is 25.8. The number of pyridine rings is 1. The van der Waals surface area contributed by atoms with Crippen LogP contribution in [0.4, 0.5) is 16.3 Å². The summed E-state index contributed by atoms with van der Waals surface area (Å²) in [7, 11) is 1.66. The van der Waals surface area contributed by atoms with Crippen molar-refractivity contribution in [2.75, 3.05) is 24.3 Å². The van der Waals surface area contributed by atoms with Gasteiger partial charge in [-0.1, -0.05) is 48.5 Å². The highest BCUT2D eigenvalue weighted by molar-refractivity contribution is 6.06. The lowest BCUT2D eigenvalue weighted by Crippen LogP contribution is -2.36. The molecule has 0 aliphatic rings. The third kappa shape index (κ3) is 5.04. The first-order valence-corrected chi connectivity index (χ1v) is 12.3. The zero-order valence-electron chi connectivity index (χ0n) is 20.8. The van der Waals surface area contributed by atoms with Gasteiger partial charge in [-0.15, -0.1) is 0 Å². The Labute approximate surface area is 215 Å². The minimum atomic E-state index is -0.454. The Kier molecular flexibility index (Phi) is 6.89. The molecule has 37 heavy (non-hydrogen) atoms. The molecule has 0 fully saturated rings. The lowest BCUT2D eigenvalue weighted by molar-refractivity contribution is 0.253. The van der Waals surface area contributed by atoms with Crippen molar-refractivity contribution in [3.05, 3.63) is 90.3 Å². The number of methoxy groups -OCH3 is 1. The van der Waals surface area contributed by atoms with Crippen LogP contribution in [0.5, 0.6) is 5.75 Å². The van der Waals surface area contributed by atoms with Crippen molar-refractivity contribution in [1.82, 2.24) is 14.5 Å². The first-order valence-electron chi connectivity index (χ1n) is 12.3. The predicted molar refractivity (Wildman–Crippen MR) is 148 cm³/mol. The highest BCUT2D eigenvalue weighted by atomic mass is 16.5. The number of nitrogens with zero attached hydrogens (tertiary/aromatic N) is 4. The molecule has 0 spiro atoms. The number of carbonyl (C=O) groups is 1. The molecule has 0 aliphatic heterocycles. The van der Waals surface area contributed by atoms with Crippen molar-refractivity contribution in [3.63, 3.8) is 0 Å². The Morgan fingerprint density at radius 2 is 1.68 bits per heavy atom. The minimum absolute atomic E-state index is 0.424. The molecule has 0 unspecified atom stereocenters. The number of benzene rings is 3. The van der Waals surface area contributed by atoms with Crippen LogP contribution >= 0.6 is 0 Å². The van der Waals surface area contributed by atoms with Gasteiger partial charge in [-0.2, -0.15) is 0 Å². The Balaban J connectivity index is 1.45.